The highest BCUT2D eigenvalue weighted by Gasteiger charge is 1.99. The fraction of sp³-hybridized carbons (Fsp3) is 0.0769. The highest BCUT2D eigenvalue weighted by Crippen LogP contribution is 2.18. The van der Waals surface area contributed by atoms with Gasteiger partial charge in [-0.05, 0) is 23.8 Å². The summed E-state index contributed by atoms with van der Waals surface area (Å²) in [6.45, 7) is 0.691. The Morgan fingerprint density at radius 3 is 2.61 bits per heavy atom. The van der Waals surface area contributed by atoms with Crippen LogP contribution in [-0.4, -0.2) is 20.2 Å². The summed E-state index contributed by atoms with van der Waals surface area (Å²) in [5, 5.41) is 10.2. The fourth-order valence-electron chi connectivity index (χ4n) is 1.76. The Labute approximate surface area is 104 Å². The maximum absolute atomic E-state index is 4.16. The molecule has 2 heterocycles. The molecule has 5 heteroatoms. The minimum absolute atomic E-state index is 0.691. The largest absolute Gasteiger partial charge is 0.378 e. The van der Waals surface area contributed by atoms with Gasteiger partial charge < -0.3 is 10.3 Å². The second kappa shape index (κ2) is 4.75. The molecule has 0 amide bonds. The number of benzene rings is 1. The minimum atomic E-state index is 0.691. The molecule has 3 N–H and O–H groups in total. The first kappa shape index (κ1) is 10.6. The highest BCUT2D eigenvalue weighted by molar-refractivity contribution is 5.62. The maximum Gasteiger partial charge on any atom is 0.125 e. The number of anilines is 1. The topological polar surface area (TPSA) is 69.4 Å². The van der Waals surface area contributed by atoms with Gasteiger partial charge in [0.05, 0.1) is 12.2 Å². The molecule has 3 aromatic rings. The summed E-state index contributed by atoms with van der Waals surface area (Å²) in [6.07, 6.45) is 5.31. The molecule has 0 unspecified atom stereocenters. The van der Waals surface area contributed by atoms with E-state index in [2.05, 4.69) is 37.6 Å². The Kier molecular flexibility index (Phi) is 2.79. The molecule has 90 valence electrons. The first-order valence-corrected chi connectivity index (χ1v) is 5.74. The van der Waals surface area contributed by atoms with E-state index in [1.807, 2.05) is 24.4 Å². The fourth-order valence-corrected chi connectivity index (χ4v) is 1.76. The number of aromatic nitrogens is 4. The molecule has 0 fully saturated rings. The Bertz CT molecular complexity index is 581. The molecule has 0 radical (unpaired) electrons. The van der Waals surface area contributed by atoms with Crippen molar-refractivity contribution in [1.29, 1.82) is 0 Å². The number of hydrogen-bond acceptors (Lipinski definition) is 3. The van der Waals surface area contributed by atoms with Crippen LogP contribution in [0.2, 0.25) is 0 Å². The number of H-pyrrole nitrogens is 2. The molecule has 3 rings (SSSR count). The molecule has 0 saturated heterocycles. The number of rotatable bonds is 4. The highest BCUT2D eigenvalue weighted by atomic mass is 15.1. The van der Waals surface area contributed by atoms with E-state index in [0.717, 1.165) is 22.8 Å². The smallest absolute Gasteiger partial charge is 0.125 e. The predicted octanol–water partition coefficient (Wildman–Crippen LogP) is 2.41. The van der Waals surface area contributed by atoms with Crippen molar-refractivity contribution in [2.45, 2.75) is 6.54 Å². The van der Waals surface area contributed by atoms with Gasteiger partial charge in [0.2, 0.25) is 0 Å². The summed E-state index contributed by atoms with van der Waals surface area (Å²) in [6, 6.07) is 10.1. The lowest BCUT2D eigenvalue weighted by Gasteiger charge is -2.05. The van der Waals surface area contributed by atoms with E-state index in [0.29, 0.717) is 6.54 Å². The third-order valence-electron chi connectivity index (χ3n) is 2.71. The second-order valence-corrected chi connectivity index (χ2v) is 3.94. The van der Waals surface area contributed by atoms with E-state index in [1.165, 1.54) is 0 Å². The van der Waals surface area contributed by atoms with E-state index < -0.39 is 0 Å². The zero-order chi connectivity index (χ0) is 12.2. The van der Waals surface area contributed by atoms with E-state index in [4.69, 9.17) is 0 Å². The van der Waals surface area contributed by atoms with Crippen molar-refractivity contribution in [2.75, 3.05) is 5.32 Å². The average molecular weight is 239 g/mol. The van der Waals surface area contributed by atoms with Crippen molar-refractivity contribution >= 4 is 5.69 Å². The number of imidazole rings is 1. The molecule has 5 nitrogen and oxygen atoms in total. The van der Waals surface area contributed by atoms with Gasteiger partial charge in [-0.25, -0.2) is 4.98 Å². The molecule has 0 aliphatic carbocycles. The second-order valence-electron chi connectivity index (χ2n) is 3.94. The minimum Gasteiger partial charge on any atom is -0.378 e. The van der Waals surface area contributed by atoms with Crippen LogP contribution < -0.4 is 5.32 Å². The zero-order valence-electron chi connectivity index (χ0n) is 9.72. The lowest BCUT2D eigenvalue weighted by Crippen LogP contribution is -2.00. The summed E-state index contributed by atoms with van der Waals surface area (Å²) in [4.78, 5) is 7.21. The Morgan fingerprint density at radius 2 is 1.94 bits per heavy atom. The van der Waals surface area contributed by atoms with Gasteiger partial charge in [-0.3, -0.25) is 5.10 Å². The molecule has 0 spiro atoms. The van der Waals surface area contributed by atoms with E-state index in [9.17, 15) is 0 Å². The molecule has 0 aliphatic heterocycles. The van der Waals surface area contributed by atoms with Crippen LogP contribution in [0.1, 0.15) is 5.82 Å². The first-order valence-electron chi connectivity index (χ1n) is 5.74. The molecule has 0 aliphatic rings. The zero-order valence-corrected chi connectivity index (χ0v) is 9.72. The molecule has 2 aromatic heterocycles. The molecule has 1 aromatic carbocycles. The van der Waals surface area contributed by atoms with Gasteiger partial charge in [0.25, 0.3) is 0 Å². The summed E-state index contributed by atoms with van der Waals surface area (Å²) in [5.41, 5.74) is 3.21. The van der Waals surface area contributed by atoms with Crippen molar-refractivity contribution in [2.24, 2.45) is 0 Å². The van der Waals surface area contributed by atoms with Crippen LogP contribution in [0.5, 0.6) is 0 Å². The Balaban J connectivity index is 1.68. The number of hydrogen-bond donors (Lipinski definition) is 3. The van der Waals surface area contributed by atoms with Crippen LogP contribution in [0.3, 0.4) is 0 Å². The van der Waals surface area contributed by atoms with Crippen molar-refractivity contribution < 1.29 is 0 Å². The lowest BCUT2D eigenvalue weighted by atomic mass is 10.1. The van der Waals surface area contributed by atoms with Gasteiger partial charge in [0.15, 0.2) is 0 Å². The van der Waals surface area contributed by atoms with Gasteiger partial charge >= 0.3 is 0 Å². The van der Waals surface area contributed by atoms with Gasteiger partial charge in [-0.1, -0.05) is 12.1 Å². The number of nitrogens with zero attached hydrogens (tertiary/aromatic N) is 2. The van der Waals surface area contributed by atoms with Crippen LogP contribution in [0.4, 0.5) is 5.69 Å². The average Bonchev–Trinajstić information content (AvgIpc) is 3.10. The van der Waals surface area contributed by atoms with Gasteiger partial charge in [-0.15, -0.1) is 0 Å². The SMILES string of the molecule is c1cc(-c2ccc(NCc3ncc[nH]3)cc2)[nH]n1. The van der Waals surface area contributed by atoms with Crippen molar-refractivity contribution in [3.63, 3.8) is 0 Å². The maximum atomic E-state index is 4.16. The number of nitrogens with one attached hydrogen (secondary N) is 3. The summed E-state index contributed by atoms with van der Waals surface area (Å²) in [5.74, 6) is 0.924. The van der Waals surface area contributed by atoms with Crippen LogP contribution in [0, 0.1) is 0 Å². The molecule has 0 bridgehead atoms. The predicted molar refractivity (Wildman–Crippen MR) is 69.9 cm³/mol. The van der Waals surface area contributed by atoms with Gasteiger partial charge in [0, 0.05) is 24.3 Å². The van der Waals surface area contributed by atoms with Crippen molar-refractivity contribution in [3.8, 4) is 11.3 Å². The summed E-state index contributed by atoms with van der Waals surface area (Å²) >= 11 is 0. The normalized spacial score (nSPS) is 10.4. The lowest BCUT2D eigenvalue weighted by molar-refractivity contribution is 1.00. The van der Waals surface area contributed by atoms with E-state index in [-0.39, 0.29) is 0 Å². The molecule has 18 heavy (non-hydrogen) atoms. The van der Waals surface area contributed by atoms with E-state index >= 15 is 0 Å². The Hall–Kier alpha value is -2.56. The van der Waals surface area contributed by atoms with Crippen LogP contribution in [-0.2, 0) is 6.54 Å². The van der Waals surface area contributed by atoms with Crippen molar-refractivity contribution in [1.82, 2.24) is 20.2 Å². The third-order valence-corrected chi connectivity index (χ3v) is 2.71. The monoisotopic (exact) mass is 239 g/mol. The molecular formula is C13H13N5. The standard InChI is InChI=1S/C13H13N5/c1-3-11(16-9-13-14-7-8-15-13)4-2-10(1)12-5-6-17-18-12/h1-8,16H,9H2,(H,14,15)(H,17,18). The van der Waals surface area contributed by atoms with Gasteiger partial charge in [-0.2, -0.15) is 5.10 Å². The van der Waals surface area contributed by atoms with Crippen LogP contribution in [0.25, 0.3) is 11.3 Å². The molecule has 0 saturated carbocycles. The quantitative estimate of drug-likeness (QED) is 0.654. The molecule has 0 atom stereocenters. The third kappa shape index (κ3) is 2.24. The number of aromatic amines is 2. The first-order chi connectivity index (χ1) is 8.92. The Morgan fingerprint density at radius 1 is 1.06 bits per heavy atom. The van der Waals surface area contributed by atoms with Gasteiger partial charge in [0.1, 0.15) is 5.82 Å². The van der Waals surface area contributed by atoms with Crippen molar-refractivity contribution in [3.05, 3.63) is 54.7 Å². The molecular weight excluding hydrogens is 226 g/mol. The summed E-state index contributed by atoms with van der Waals surface area (Å²) < 4.78 is 0. The summed E-state index contributed by atoms with van der Waals surface area (Å²) in [7, 11) is 0. The van der Waals surface area contributed by atoms with E-state index in [1.54, 1.807) is 12.4 Å². The van der Waals surface area contributed by atoms with Crippen LogP contribution in [0.15, 0.2) is 48.9 Å². The van der Waals surface area contributed by atoms with Crippen LogP contribution >= 0.6 is 0 Å².